The lowest BCUT2D eigenvalue weighted by Gasteiger charge is -2.27. The van der Waals surface area contributed by atoms with Crippen molar-refractivity contribution in [3.63, 3.8) is 0 Å². The van der Waals surface area contributed by atoms with E-state index in [9.17, 15) is 9.59 Å². The largest absolute Gasteiger partial charge is 0.497 e. The quantitative estimate of drug-likeness (QED) is 0.458. The zero-order valence-electron chi connectivity index (χ0n) is 19.5. The van der Waals surface area contributed by atoms with E-state index in [1.165, 1.54) is 15.9 Å². The second kappa shape index (κ2) is 10.1. The van der Waals surface area contributed by atoms with Gasteiger partial charge in [0, 0.05) is 11.6 Å². The average Bonchev–Trinajstić information content (AvgIpc) is 3.46. The highest BCUT2D eigenvalue weighted by molar-refractivity contribution is 7.07. The molecule has 0 bridgehead atoms. The average molecular weight is 483 g/mol. The zero-order valence-corrected chi connectivity index (χ0v) is 20.3. The summed E-state index contributed by atoms with van der Waals surface area (Å²) in [5, 5.41) is 0. The van der Waals surface area contributed by atoms with Crippen molar-refractivity contribution in [3.05, 3.63) is 78.9 Å². The third-order valence-electron chi connectivity index (χ3n) is 5.44. The van der Waals surface area contributed by atoms with Crippen LogP contribution in [0, 0.1) is 0 Å². The number of thiazole rings is 1. The molecule has 1 aromatic carbocycles. The van der Waals surface area contributed by atoms with E-state index in [1.807, 2.05) is 6.92 Å². The molecule has 2 aromatic heterocycles. The lowest BCUT2D eigenvalue weighted by molar-refractivity contribution is -0.139. The minimum absolute atomic E-state index is 0.201. The Morgan fingerprint density at radius 3 is 2.71 bits per heavy atom. The van der Waals surface area contributed by atoms with Crippen molar-refractivity contribution in [2.45, 2.75) is 32.7 Å². The summed E-state index contributed by atoms with van der Waals surface area (Å²) in [5.74, 6) is 1.14. The summed E-state index contributed by atoms with van der Waals surface area (Å²) in [7, 11) is 3.11. The minimum atomic E-state index is -0.791. The predicted octanol–water partition coefficient (Wildman–Crippen LogP) is 3.19. The topological polar surface area (TPSA) is 92.3 Å². The number of allylic oxidation sites excluding steroid dienone is 1. The molecule has 8 nitrogen and oxygen atoms in total. The van der Waals surface area contributed by atoms with Crippen LogP contribution in [0.4, 0.5) is 0 Å². The van der Waals surface area contributed by atoms with Gasteiger partial charge in [-0.15, -0.1) is 0 Å². The fraction of sp³-hybridized carbons (Fsp3) is 0.320. The summed E-state index contributed by atoms with van der Waals surface area (Å²) in [4.78, 5) is 32.2. The zero-order chi connectivity index (χ0) is 24.2. The molecule has 4 rings (SSSR count). The van der Waals surface area contributed by atoms with Gasteiger partial charge in [0.1, 0.15) is 23.3 Å². The van der Waals surface area contributed by atoms with Crippen molar-refractivity contribution in [1.29, 1.82) is 0 Å². The van der Waals surface area contributed by atoms with Gasteiger partial charge in [-0.05, 0) is 43.7 Å². The van der Waals surface area contributed by atoms with Gasteiger partial charge in [-0.1, -0.05) is 24.7 Å². The number of carbonyl (C=O) groups excluding carboxylic acids is 1. The van der Waals surface area contributed by atoms with Gasteiger partial charge >= 0.3 is 5.97 Å². The molecule has 1 aliphatic rings. The lowest BCUT2D eigenvalue weighted by Crippen LogP contribution is -2.40. The Morgan fingerprint density at radius 2 is 2.06 bits per heavy atom. The van der Waals surface area contributed by atoms with Crippen LogP contribution in [0.15, 0.2) is 62.1 Å². The highest BCUT2D eigenvalue weighted by Gasteiger charge is 2.36. The van der Waals surface area contributed by atoms with E-state index in [4.69, 9.17) is 23.6 Å². The Balaban J connectivity index is 2.07. The second-order valence-corrected chi connectivity index (χ2v) is 8.55. The van der Waals surface area contributed by atoms with Gasteiger partial charge in [0.15, 0.2) is 4.80 Å². The number of aromatic nitrogens is 1. The third kappa shape index (κ3) is 4.31. The molecule has 0 fully saturated rings. The molecule has 0 saturated carbocycles. The number of hydrogen-bond acceptors (Lipinski definition) is 8. The molecule has 178 valence electrons. The van der Waals surface area contributed by atoms with Crippen molar-refractivity contribution in [1.82, 2.24) is 4.57 Å². The van der Waals surface area contributed by atoms with E-state index in [0.29, 0.717) is 49.8 Å². The van der Waals surface area contributed by atoms with Crippen LogP contribution in [0.2, 0.25) is 0 Å². The van der Waals surface area contributed by atoms with Crippen molar-refractivity contribution < 1.29 is 23.4 Å². The number of rotatable bonds is 8. The molecule has 3 aromatic rings. The van der Waals surface area contributed by atoms with Gasteiger partial charge in [0.2, 0.25) is 0 Å². The number of esters is 1. The van der Waals surface area contributed by atoms with Crippen molar-refractivity contribution >= 4 is 23.4 Å². The summed E-state index contributed by atoms with van der Waals surface area (Å²) in [6, 6.07) is 8.04. The molecule has 1 atom stereocenters. The molecule has 0 saturated heterocycles. The summed E-state index contributed by atoms with van der Waals surface area (Å²) < 4.78 is 23.9. The van der Waals surface area contributed by atoms with Gasteiger partial charge in [-0.2, -0.15) is 0 Å². The molecule has 0 N–H and O–H groups in total. The molecule has 3 heterocycles. The Morgan fingerprint density at radius 1 is 1.24 bits per heavy atom. The maximum Gasteiger partial charge on any atom is 0.338 e. The monoisotopic (exact) mass is 482 g/mol. The van der Waals surface area contributed by atoms with Crippen LogP contribution in [-0.4, -0.2) is 31.4 Å². The molecule has 1 aliphatic heterocycles. The number of fused-ring (bicyclic) bond motifs is 1. The summed E-state index contributed by atoms with van der Waals surface area (Å²) in [5.41, 5.74) is 1.25. The van der Waals surface area contributed by atoms with Crippen LogP contribution >= 0.6 is 11.3 Å². The number of carbonyl (C=O) groups is 1. The molecule has 0 unspecified atom stereocenters. The molecule has 0 spiro atoms. The highest BCUT2D eigenvalue weighted by Crippen LogP contribution is 2.38. The normalized spacial score (nSPS) is 15.6. The second-order valence-electron chi connectivity index (χ2n) is 7.54. The first-order chi connectivity index (χ1) is 16.5. The first-order valence-corrected chi connectivity index (χ1v) is 11.8. The fourth-order valence-corrected chi connectivity index (χ4v) is 4.97. The molecular formula is C25H26N2O6S. The summed E-state index contributed by atoms with van der Waals surface area (Å²) in [6.45, 7) is 3.96. The van der Waals surface area contributed by atoms with Gasteiger partial charge in [-0.3, -0.25) is 9.36 Å². The maximum absolute atomic E-state index is 13.7. The van der Waals surface area contributed by atoms with Gasteiger partial charge < -0.3 is 18.6 Å². The SMILES string of the molecule is CCCC1=C(C(=O)OCC)[C@H](c2cc(OC)ccc2OC)n2c(s/c(=C/c3ccco3)c2=O)=N1. The number of ether oxygens (including phenoxy) is 3. The fourth-order valence-electron chi connectivity index (χ4n) is 3.97. The van der Waals surface area contributed by atoms with Gasteiger partial charge in [-0.25, -0.2) is 9.79 Å². The van der Waals surface area contributed by atoms with Crippen LogP contribution < -0.4 is 24.4 Å². The standard InChI is InChI=1S/C25H26N2O6S/c1-5-8-18-21(24(29)32-6-2)22(17-13-15(30-3)10-11-19(17)31-4)27-23(28)20(34-25(27)26-18)14-16-9-7-12-33-16/h7,9-14,22H,5-6,8H2,1-4H3/b20-14+/t22-/m0/s1. The predicted molar refractivity (Wildman–Crippen MR) is 128 cm³/mol. The summed E-state index contributed by atoms with van der Waals surface area (Å²) >= 11 is 1.25. The first kappa shape index (κ1) is 23.6. The molecular weight excluding hydrogens is 456 g/mol. The highest BCUT2D eigenvalue weighted by atomic mass is 32.1. The van der Waals surface area contributed by atoms with Crippen LogP contribution in [0.25, 0.3) is 6.08 Å². The molecule has 0 aliphatic carbocycles. The number of methoxy groups -OCH3 is 2. The van der Waals surface area contributed by atoms with E-state index in [-0.39, 0.29) is 12.2 Å². The van der Waals surface area contributed by atoms with Crippen LogP contribution in [-0.2, 0) is 9.53 Å². The molecule has 34 heavy (non-hydrogen) atoms. The van der Waals surface area contributed by atoms with E-state index in [0.717, 1.165) is 6.42 Å². The molecule has 9 heteroatoms. The van der Waals surface area contributed by atoms with Gasteiger partial charge in [0.05, 0.1) is 42.9 Å². The Hall–Kier alpha value is -3.59. The van der Waals surface area contributed by atoms with Gasteiger partial charge in [0.25, 0.3) is 5.56 Å². The Bertz CT molecular complexity index is 1400. The van der Waals surface area contributed by atoms with Crippen LogP contribution in [0.1, 0.15) is 44.1 Å². The minimum Gasteiger partial charge on any atom is -0.497 e. The number of nitrogens with zero attached hydrogens (tertiary/aromatic N) is 2. The van der Waals surface area contributed by atoms with Crippen LogP contribution in [0.5, 0.6) is 11.5 Å². The lowest BCUT2D eigenvalue weighted by atomic mass is 9.93. The number of benzene rings is 1. The van der Waals surface area contributed by atoms with E-state index >= 15 is 0 Å². The Labute approximate surface area is 200 Å². The van der Waals surface area contributed by atoms with Crippen molar-refractivity contribution in [2.75, 3.05) is 20.8 Å². The number of hydrogen-bond donors (Lipinski definition) is 0. The maximum atomic E-state index is 13.7. The van der Waals surface area contributed by atoms with Crippen LogP contribution in [0.3, 0.4) is 0 Å². The molecule has 0 amide bonds. The number of furan rings is 1. The third-order valence-corrected chi connectivity index (χ3v) is 6.42. The van der Waals surface area contributed by atoms with Crippen molar-refractivity contribution in [2.24, 2.45) is 4.99 Å². The summed E-state index contributed by atoms with van der Waals surface area (Å²) in [6.07, 6.45) is 4.55. The van der Waals surface area contributed by atoms with E-state index in [1.54, 1.807) is 63.8 Å². The molecule has 0 radical (unpaired) electrons. The first-order valence-electron chi connectivity index (χ1n) is 11.0. The van der Waals surface area contributed by atoms with Crippen molar-refractivity contribution in [3.8, 4) is 11.5 Å². The van der Waals surface area contributed by atoms with E-state index in [2.05, 4.69) is 0 Å². The van der Waals surface area contributed by atoms with E-state index < -0.39 is 12.0 Å². The Kier molecular flexibility index (Phi) is 7.02. The smallest absolute Gasteiger partial charge is 0.338 e.